The van der Waals surface area contributed by atoms with Gasteiger partial charge >= 0.3 is 0 Å². The van der Waals surface area contributed by atoms with E-state index in [0.29, 0.717) is 0 Å². The highest BCUT2D eigenvalue weighted by molar-refractivity contribution is 5.95. The topological polar surface area (TPSA) is 50.4 Å². The van der Waals surface area contributed by atoms with Crippen molar-refractivity contribution in [1.82, 2.24) is 5.32 Å². The molecule has 0 aromatic heterocycles. The Morgan fingerprint density at radius 3 is 2.72 bits per heavy atom. The Labute approximate surface area is 108 Å². The van der Waals surface area contributed by atoms with Gasteiger partial charge in [-0.3, -0.25) is 4.79 Å². The van der Waals surface area contributed by atoms with E-state index in [0.717, 1.165) is 17.0 Å². The molecule has 1 aliphatic heterocycles. The molecule has 1 aromatic carbocycles. The molecule has 0 aliphatic carbocycles. The van der Waals surface area contributed by atoms with E-state index in [-0.39, 0.29) is 24.0 Å². The third-order valence-electron chi connectivity index (χ3n) is 3.12. The molecular weight excluding hydrogens is 228 g/mol. The summed E-state index contributed by atoms with van der Waals surface area (Å²) < 4.78 is 5.36. The molecule has 4 heteroatoms. The van der Waals surface area contributed by atoms with Crippen LogP contribution in [0.15, 0.2) is 18.2 Å². The number of hydrogen-bond acceptors (Lipinski definition) is 3. The van der Waals surface area contributed by atoms with Crippen LogP contribution in [0.5, 0.6) is 5.75 Å². The lowest BCUT2D eigenvalue weighted by atomic mass is 9.82. The number of anilines is 1. The number of rotatable bonds is 2. The molecule has 4 nitrogen and oxygen atoms in total. The fourth-order valence-electron chi connectivity index (χ4n) is 2.38. The molecule has 0 saturated carbocycles. The van der Waals surface area contributed by atoms with Gasteiger partial charge in [-0.25, -0.2) is 0 Å². The molecular formula is C14H20N2O2. The zero-order valence-corrected chi connectivity index (χ0v) is 11.3. The van der Waals surface area contributed by atoms with Crippen molar-refractivity contribution in [3.63, 3.8) is 0 Å². The van der Waals surface area contributed by atoms with Crippen LogP contribution in [0.2, 0.25) is 0 Å². The minimum atomic E-state index is -0.101. The molecule has 0 spiro atoms. The summed E-state index contributed by atoms with van der Waals surface area (Å²) in [7, 11) is 1.95. The Morgan fingerprint density at radius 2 is 2.11 bits per heavy atom. The molecule has 1 heterocycles. The van der Waals surface area contributed by atoms with Gasteiger partial charge in [-0.05, 0) is 30.2 Å². The van der Waals surface area contributed by atoms with Crippen LogP contribution in [0, 0.1) is 5.41 Å². The molecule has 98 valence electrons. The number of ether oxygens (including phenoxy) is 1. The lowest BCUT2D eigenvalue weighted by Crippen LogP contribution is -2.30. The number of amides is 1. The van der Waals surface area contributed by atoms with Crippen molar-refractivity contribution in [2.75, 3.05) is 19.0 Å². The van der Waals surface area contributed by atoms with Crippen LogP contribution in [0.3, 0.4) is 0 Å². The Balaban J connectivity index is 2.35. The molecule has 1 atom stereocenters. The molecule has 0 bridgehead atoms. The molecule has 0 saturated heterocycles. The van der Waals surface area contributed by atoms with Gasteiger partial charge in [0.1, 0.15) is 5.75 Å². The second-order valence-electron chi connectivity index (χ2n) is 5.68. The van der Waals surface area contributed by atoms with Crippen molar-refractivity contribution in [1.29, 1.82) is 0 Å². The Morgan fingerprint density at radius 1 is 1.39 bits per heavy atom. The summed E-state index contributed by atoms with van der Waals surface area (Å²) in [6.07, 6.45) is 0. The van der Waals surface area contributed by atoms with Crippen molar-refractivity contribution in [3.8, 4) is 5.75 Å². The van der Waals surface area contributed by atoms with E-state index in [1.165, 1.54) is 0 Å². The number of hydrogen-bond donors (Lipinski definition) is 2. The van der Waals surface area contributed by atoms with Gasteiger partial charge in [-0.1, -0.05) is 26.8 Å². The predicted octanol–water partition coefficient (Wildman–Crippen LogP) is 2.32. The van der Waals surface area contributed by atoms with E-state index in [1.54, 1.807) is 0 Å². The van der Waals surface area contributed by atoms with E-state index in [9.17, 15) is 4.79 Å². The van der Waals surface area contributed by atoms with Crippen LogP contribution in [0.25, 0.3) is 0 Å². The third-order valence-corrected chi connectivity index (χ3v) is 3.12. The first kappa shape index (κ1) is 12.9. The highest BCUT2D eigenvalue weighted by atomic mass is 16.5. The summed E-state index contributed by atoms with van der Waals surface area (Å²) in [5.74, 6) is 0.638. The molecule has 1 aliphatic rings. The number of nitrogens with one attached hydrogen (secondary N) is 2. The molecule has 2 N–H and O–H groups in total. The average molecular weight is 248 g/mol. The lowest BCUT2D eigenvalue weighted by Gasteiger charge is -2.31. The van der Waals surface area contributed by atoms with E-state index in [2.05, 4.69) is 31.4 Å². The van der Waals surface area contributed by atoms with Crippen molar-refractivity contribution in [2.24, 2.45) is 5.41 Å². The number of fused-ring (bicyclic) bond motifs is 1. The van der Waals surface area contributed by atoms with Crippen LogP contribution in [-0.4, -0.2) is 19.6 Å². The largest absolute Gasteiger partial charge is 0.482 e. The Hall–Kier alpha value is -1.55. The fraction of sp³-hybridized carbons (Fsp3) is 0.500. The molecule has 0 radical (unpaired) electrons. The molecule has 1 unspecified atom stereocenters. The zero-order chi connectivity index (χ0) is 13.3. The highest BCUT2D eigenvalue weighted by Gasteiger charge is 2.26. The van der Waals surface area contributed by atoms with Gasteiger partial charge in [0.15, 0.2) is 6.61 Å². The maximum Gasteiger partial charge on any atom is 0.262 e. The number of benzene rings is 1. The molecule has 1 amide bonds. The predicted molar refractivity (Wildman–Crippen MR) is 71.8 cm³/mol. The quantitative estimate of drug-likeness (QED) is 0.844. The summed E-state index contributed by atoms with van der Waals surface area (Å²) >= 11 is 0. The van der Waals surface area contributed by atoms with Crippen molar-refractivity contribution >= 4 is 11.6 Å². The first-order valence-electron chi connectivity index (χ1n) is 6.15. The van der Waals surface area contributed by atoms with E-state index in [1.807, 2.05) is 25.2 Å². The van der Waals surface area contributed by atoms with Gasteiger partial charge in [-0.2, -0.15) is 0 Å². The average Bonchev–Trinajstić information content (AvgIpc) is 2.27. The van der Waals surface area contributed by atoms with Gasteiger partial charge in [0, 0.05) is 6.04 Å². The van der Waals surface area contributed by atoms with Gasteiger partial charge in [0.2, 0.25) is 0 Å². The van der Waals surface area contributed by atoms with Crippen LogP contribution < -0.4 is 15.4 Å². The first-order valence-corrected chi connectivity index (χ1v) is 6.15. The summed E-state index contributed by atoms with van der Waals surface area (Å²) in [5.41, 5.74) is 2.01. The first-order chi connectivity index (χ1) is 8.41. The normalized spacial score (nSPS) is 16.6. The maximum atomic E-state index is 11.3. The molecule has 2 rings (SSSR count). The van der Waals surface area contributed by atoms with Crippen LogP contribution in [-0.2, 0) is 4.79 Å². The molecule has 1 aromatic rings. The summed E-state index contributed by atoms with van der Waals surface area (Å²) in [6.45, 7) is 6.65. The Kier molecular flexibility index (Phi) is 3.30. The Bertz CT molecular complexity index is 463. The minimum Gasteiger partial charge on any atom is -0.482 e. The summed E-state index contributed by atoms with van der Waals surface area (Å²) in [5, 5.41) is 6.16. The zero-order valence-electron chi connectivity index (χ0n) is 11.3. The molecule has 0 fully saturated rings. The smallest absolute Gasteiger partial charge is 0.262 e. The van der Waals surface area contributed by atoms with Crippen LogP contribution in [0.1, 0.15) is 32.4 Å². The lowest BCUT2D eigenvalue weighted by molar-refractivity contribution is -0.118. The van der Waals surface area contributed by atoms with Gasteiger partial charge in [-0.15, -0.1) is 0 Å². The van der Waals surface area contributed by atoms with Crippen LogP contribution in [0.4, 0.5) is 5.69 Å². The SMILES string of the molecule is CNC(c1ccc2c(c1)NC(=O)CO2)C(C)(C)C. The van der Waals surface area contributed by atoms with Crippen molar-refractivity contribution in [2.45, 2.75) is 26.8 Å². The number of carbonyl (C=O) groups excluding carboxylic acids is 1. The summed E-state index contributed by atoms with van der Waals surface area (Å²) in [4.78, 5) is 11.3. The fourth-order valence-corrected chi connectivity index (χ4v) is 2.38. The monoisotopic (exact) mass is 248 g/mol. The summed E-state index contributed by atoms with van der Waals surface area (Å²) in [6, 6.07) is 6.17. The van der Waals surface area contributed by atoms with E-state index in [4.69, 9.17) is 4.74 Å². The highest BCUT2D eigenvalue weighted by Crippen LogP contribution is 2.36. The molecule has 18 heavy (non-hydrogen) atoms. The standard InChI is InChI=1S/C14H20N2O2/c1-14(2,3)13(15-4)9-5-6-11-10(7-9)16-12(17)8-18-11/h5-7,13,15H,8H2,1-4H3,(H,16,17). The van der Waals surface area contributed by atoms with Crippen molar-refractivity contribution in [3.05, 3.63) is 23.8 Å². The minimum absolute atomic E-state index is 0.0983. The van der Waals surface area contributed by atoms with E-state index >= 15 is 0 Å². The second kappa shape index (κ2) is 4.61. The second-order valence-corrected chi connectivity index (χ2v) is 5.68. The van der Waals surface area contributed by atoms with E-state index < -0.39 is 0 Å². The maximum absolute atomic E-state index is 11.3. The number of carbonyl (C=O) groups is 1. The van der Waals surface area contributed by atoms with Crippen molar-refractivity contribution < 1.29 is 9.53 Å². The van der Waals surface area contributed by atoms with Gasteiger partial charge < -0.3 is 15.4 Å². The van der Waals surface area contributed by atoms with Gasteiger partial charge in [0.05, 0.1) is 5.69 Å². The third kappa shape index (κ3) is 2.48. The van der Waals surface area contributed by atoms with Crippen LogP contribution >= 0.6 is 0 Å². The van der Waals surface area contributed by atoms with Gasteiger partial charge in [0.25, 0.3) is 5.91 Å².